The first-order chi connectivity index (χ1) is 12.3. The van der Waals surface area contributed by atoms with Gasteiger partial charge in [-0.15, -0.1) is 35.3 Å². The number of aryl methyl sites for hydroxylation is 1. The molecule has 0 aliphatic carbocycles. The lowest BCUT2D eigenvalue weighted by molar-refractivity contribution is 0.0177. The standard InChI is InChI=1S/C16H24N6O2S.HI/c1-12-20-15(24-21-12)11-19-16(17-2)18-10-13(14-4-3-9-25-14)22-5-7-23-8-6-22;/h3-4,9,13H,5-8,10-11H2,1-2H3,(H2,17,18,19);1H. The predicted molar refractivity (Wildman–Crippen MR) is 112 cm³/mol. The number of thiophene rings is 1. The van der Waals surface area contributed by atoms with E-state index in [2.05, 4.69) is 48.2 Å². The summed E-state index contributed by atoms with van der Waals surface area (Å²) in [6.45, 7) is 6.46. The summed E-state index contributed by atoms with van der Waals surface area (Å²) in [4.78, 5) is 12.3. The summed E-state index contributed by atoms with van der Waals surface area (Å²) in [5, 5.41) is 12.5. The maximum Gasteiger partial charge on any atom is 0.246 e. The van der Waals surface area contributed by atoms with Crippen molar-refractivity contribution >= 4 is 41.3 Å². The lowest BCUT2D eigenvalue weighted by Crippen LogP contribution is -2.46. The van der Waals surface area contributed by atoms with Crippen LogP contribution in [0.1, 0.15) is 22.6 Å². The van der Waals surface area contributed by atoms with Crippen LogP contribution in [0.2, 0.25) is 0 Å². The number of morpholine rings is 1. The third-order valence-electron chi connectivity index (χ3n) is 4.02. The first-order valence-electron chi connectivity index (χ1n) is 8.35. The third-order valence-corrected chi connectivity index (χ3v) is 4.99. The molecule has 10 heteroatoms. The van der Waals surface area contributed by atoms with E-state index in [0.717, 1.165) is 32.8 Å². The highest BCUT2D eigenvalue weighted by atomic mass is 127. The zero-order chi connectivity index (χ0) is 17.5. The molecule has 1 aliphatic heterocycles. The molecule has 26 heavy (non-hydrogen) atoms. The Morgan fingerprint density at radius 3 is 2.81 bits per heavy atom. The Kier molecular flexibility index (Phi) is 8.75. The van der Waals surface area contributed by atoms with Gasteiger partial charge in [0.2, 0.25) is 5.89 Å². The Hall–Kier alpha value is -1.24. The van der Waals surface area contributed by atoms with E-state index in [1.165, 1.54) is 4.88 Å². The molecule has 0 spiro atoms. The Labute approximate surface area is 174 Å². The number of nitrogens with one attached hydrogen (secondary N) is 2. The minimum atomic E-state index is 0. The molecule has 1 aliphatic rings. The van der Waals surface area contributed by atoms with Gasteiger partial charge in [-0.05, 0) is 18.4 Å². The van der Waals surface area contributed by atoms with Crippen LogP contribution in [-0.4, -0.2) is 60.9 Å². The van der Waals surface area contributed by atoms with Gasteiger partial charge in [0.25, 0.3) is 0 Å². The highest BCUT2D eigenvalue weighted by Crippen LogP contribution is 2.25. The molecular weight excluding hydrogens is 467 g/mol. The van der Waals surface area contributed by atoms with Gasteiger partial charge in [-0.1, -0.05) is 11.2 Å². The highest BCUT2D eigenvalue weighted by Gasteiger charge is 2.23. The van der Waals surface area contributed by atoms with Crippen LogP contribution in [0.4, 0.5) is 0 Å². The molecule has 2 aromatic heterocycles. The van der Waals surface area contributed by atoms with E-state index in [1.807, 2.05) is 0 Å². The van der Waals surface area contributed by atoms with Crippen molar-refractivity contribution in [1.29, 1.82) is 0 Å². The molecular formula is C16H25IN6O2S. The monoisotopic (exact) mass is 492 g/mol. The van der Waals surface area contributed by atoms with Gasteiger partial charge < -0.3 is 19.9 Å². The van der Waals surface area contributed by atoms with Gasteiger partial charge in [0.15, 0.2) is 11.8 Å². The van der Waals surface area contributed by atoms with Crippen molar-refractivity contribution in [3.8, 4) is 0 Å². The summed E-state index contributed by atoms with van der Waals surface area (Å²) in [5.41, 5.74) is 0. The summed E-state index contributed by atoms with van der Waals surface area (Å²) in [7, 11) is 1.75. The number of hydrogen-bond acceptors (Lipinski definition) is 7. The van der Waals surface area contributed by atoms with Gasteiger partial charge in [-0.2, -0.15) is 4.98 Å². The van der Waals surface area contributed by atoms with Crippen molar-refractivity contribution in [2.45, 2.75) is 19.5 Å². The first kappa shape index (κ1) is 21.1. The van der Waals surface area contributed by atoms with Crippen LogP contribution in [0.5, 0.6) is 0 Å². The summed E-state index contributed by atoms with van der Waals surface area (Å²) >= 11 is 1.78. The molecule has 2 aromatic rings. The molecule has 1 fully saturated rings. The second-order valence-electron chi connectivity index (χ2n) is 5.72. The molecule has 0 bridgehead atoms. The fourth-order valence-electron chi connectivity index (χ4n) is 2.76. The average molecular weight is 492 g/mol. The topological polar surface area (TPSA) is 87.8 Å². The van der Waals surface area contributed by atoms with Gasteiger partial charge in [0.1, 0.15) is 0 Å². The number of aromatic nitrogens is 2. The molecule has 144 valence electrons. The van der Waals surface area contributed by atoms with E-state index >= 15 is 0 Å². The number of aliphatic imine (C=N–C) groups is 1. The van der Waals surface area contributed by atoms with Gasteiger partial charge in [0.05, 0.1) is 25.8 Å². The molecule has 0 aromatic carbocycles. The van der Waals surface area contributed by atoms with Crippen molar-refractivity contribution < 1.29 is 9.26 Å². The van der Waals surface area contributed by atoms with Gasteiger partial charge in [-0.3, -0.25) is 9.89 Å². The molecule has 1 atom stereocenters. The van der Waals surface area contributed by atoms with Crippen LogP contribution in [0, 0.1) is 6.92 Å². The van der Waals surface area contributed by atoms with Crippen molar-refractivity contribution in [2.24, 2.45) is 4.99 Å². The van der Waals surface area contributed by atoms with Crippen LogP contribution in [0.25, 0.3) is 0 Å². The lowest BCUT2D eigenvalue weighted by Gasteiger charge is -2.34. The molecule has 1 saturated heterocycles. The number of halogens is 1. The van der Waals surface area contributed by atoms with Gasteiger partial charge >= 0.3 is 0 Å². The Morgan fingerprint density at radius 2 is 2.19 bits per heavy atom. The van der Waals surface area contributed by atoms with Gasteiger partial charge in [0, 0.05) is 31.6 Å². The Bertz CT molecular complexity index is 672. The van der Waals surface area contributed by atoms with E-state index < -0.39 is 0 Å². The summed E-state index contributed by atoms with van der Waals surface area (Å²) < 4.78 is 10.6. The normalized spacial score (nSPS) is 16.8. The molecule has 0 radical (unpaired) electrons. The zero-order valence-electron chi connectivity index (χ0n) is 15.0. The van der Waals surface area contributed by atoms with Crippen LogP contribution >= 0.6 is 35.3 Å². The first-order valence-corrected chi connectivity index (χ1v) is 9.23. The highest BCUT2D eigenvalue weighted by molar-refractivity contribution is 14.0. The third kappa shape index (κ3) is 5.89. The molecule has 3 rings (SSSR count). The quantitative estimate of drug-likeness (QED) is 0.361. The number of rotatable bonds is 6. The molecule has 3 heterocycles. The zero-order valence-corrected chi connectivity index (χ0v) is 18.1. The molecule has 0 amide bonds. The molecule has 2 N–H and O–H groups in total. The number of hydrogen-bond donors (Lipinski definition) is 2. The average Bonchev–Trinajstić information content (AvgIpc) is 3.31. The molecule has 1 unspecified atom stereocenters. The van der Waals surface area contributed by atoms with E-state index in [1.54, 1.807) is 25.3 Å². The van der Waals surface area contributed by atoms with Crippen molar-refractivity contribution in [2.75, 3.05) is 39.9 Å². The van der Waals surface area contributed by atoms with Crippen LogP contribution in [0.3, 0.4) is 0 Å². The smallest absolute Gasteiger partial charge is 0.246 e. The van der Waals surface area contributed by atoms with Crippen LogP contribution < -0.4 is 10.6 Å². The number of guanidine groups is 1. The second kappa shape index (κ2) is 10.8. The van der Waals surface area contributed by atoms with E-state index in [0.29, 0.717) is 30.3 Å². The SMILES string of the molecule is CN=C(NCc1nc(C)no1)NCC(c1cccs1)N1CCOCC1.I. The summed E-state index contributed by atoms with van der Waals surface area (Å²) in [6.07, 6.45) is 0. The predicted octanol–water partition coefficient (Wildman–Crippen LogP) is 1.80. The second-order valence-corrected chi connectivity index (χ2v) is 6.70. The Morgan fingerprint density at radius 1 is 1.38 bits per heavy atom. The fourth-order valence-corrected chi connectivity index (χ4v) is 3.63. The van der Waals surface area contributed by atoms with Crippen molar-refractivity contribution in [3.05, 3.63) is 34.1 Å². The number of nitrogens with zero attached hydrogens (tertiary/aromatic N) is 4. The van der Waals surface area contributed by atoms with E-state index in [4.69, 9.17) is 9.26 Å². The maximum absolute atomic E-state index is 5.49. The van der Waals surface area contributed by atoms with Crippen LogP contribution in [-0.2, 0) is 11.3 Å². The van der Waals surface area contributed by atoms with Crippen LogP contribution in [0.15, 0.2) is 27.0 Å². The summed E-state index contributed by atoms with van der Waals surface area (Å²) in [5.74, 6) is 1.89. The fraction of sp³-hybridized carbons (Fsp3) is 0.562. The summed E-state index contributed by atoms with van der Waals surface area (Å²) in [6, 6.07) is 4.58. The van der Waals surface area contributed by atoms with E-state index in [-0.39, 0.29) is 24.0 Å². The number of ether oxygens (including phenoxy) is 1. The maximum atomic E-state index is 5.49. The van der Waals surface area contributed by atoms with Crippen molar-refractivity contribution in [1.82, 2.24) is 25.7 Å². The molecule has 0 saturated carbocycles. The van der Waals surface area contributed by atoms with Crippen molar-refractivity contribution in [3.63, 3.8) is 0 Å². The lowest BCUT2D eigenvalue weighted by atomic mass is 10.2. The van der Waals surface area contributed by atoms with E-state index in [9.17, 15) is 0 Å². The van der Waals surface area contributed by atoms with Gasteiger partial charge in [-0.25, -0.2) is 0 Å². The minimum absolute atomic E-state index is 0. The Balaban J connectivity index is 0.00000243. The largest absolute Gasteiger partial charge is 0.379 e. The minimum Gasteiger partial charge on any atom is -0.379 e. The molecule has 8 nitrogen and oxygen atoms in total.